The summed E-state index contributed by atoms with van der Waals surface area (Å²) in [5.41, 5.74) is 1.98. The van der Waals surface area contributed by atoms with Gasteiger partial charge in [0.25, 0.3) is 0 Å². The minimum absolute atomic E-state index is 0.265. The van der Waals surface area contributed by atoms with Gasteiger partial charge >= 0.3 is 0 Å². The Kier molecular flexibility index (Phi) is 6.26. The number of rotatable bonds is 0. The number of hydrogen-bond donors (Lipinski definition) is 0. The van der Waals surface area contributed by atoms with E-state index in [1.165, 1.54) is 0 Å². The van der Waals surface area contributed by atoms with Gasteiger partial charge < -0.3 is 0 Å². The number of sulfone groups is 1. The molecule has 1 rings (SSSR count). The fraction of sp³-hybridized carbons (Fsp3) is 0.583. The maximum Gasteiger partial charge on any atom is 0.184 e. The molecule has 4 heteroatoms. The molecule has 0 aromatic rings. The van der Waals surface area contributed by atoms with Gasteiger partial charge in [0, 0.05) is 12.5 Å². The Morgan fingerprint density at radius 1 is 1.00 bits per heavy atom. The van der Waals surface area contributed by atoms with E-state index in [4.69, 9.17) is 0 Å². The van der Waals surface area contributed by atoms with Crippen LogP contribution < -0.4 is 0 Å². The predicted molar refractivity (Wildman–Crippen MR) is 67.1 cm³/mol. The van der Waals surface area contributed by atoms with E-state index in [1.54, 1.807) is 0 Å². The molecule has 0 amide bonds. The van der Waals surface area contributed by atoms with Crippen molar-refractivity contribution in [1.29, 1.82) is 0 Å². The summed E-state index contributed by atoms with van der Waals surface area (Å²) < 4.78 is 19.3. The number of allylic oxidation sites excluding steroid dienone is 4. The largest absolute Gasteiger partial charge is 0.289 e. The highest BCUT2D eigenvalue weighted by molar-refractivity contribution is 7.89. The van der Waals surface area contributed by atoms with Crippen molar-refractivity contribution in [3.05, 3.63) is 23.3 Å². The van der Waals surface area contributed by atoms with E-state index in [2.05, 4.69) is 0 Å². The fourth-order valence-electron chi connectivity index (χ4n) is 1.45. The molecule has 0 aromatic heterocycles. The van der Waals surface area contributed by atoms with Crippen molar-refractivity contribution in [3.8, 4) is 0 Å². The van der Waals surface area contributed by atoms with Gasteiger partial charge in [-0.1, -0.05) is 12.2 Å². The number of carbonyl (C=O) groups is 1. The van der Waals surface area contributed by atoms with Crippen molar-refractivity contribution < 1.29 is 13.2 Å². The Morgan fingerprint density at radius 2 is 1.31 bits per heavy atom. The Labute approximate surface area is 98.2 Å². The van der Waals surface area contributed by atoms with Crippen molar-refractivity contribution in [3.63, 3.8) is 0 Å². The van der Waals surface area contributed by atoms with Gasteiger partial charge in [-0.3, -0.25) is 4.79 Å². The predicted octanol–water partition coefficient (Wildman–Crippen LogP) is 2.29. The Morgan fingerprint density at radius 3 is 1.56 bits per heavy atom. The molecule has 1 aliphatic carbocycles. The first-order chi connectivity index (χ1) is 7.29. The third kappa shape index (κ3) is 6.56. The normalized spacial score (nSPS) is 21.9. The highest BCUT2D eigenvalue weighted by Crippen LogP contribution is 2.23. The summed E-state index contributed by atoms with van der Waals surface area (Å²) in [5.74, 6) is 0.265. The van der Waals surface area contributed by atoms with Gasteiger partial charge in [0.15, 0.2) is 5.78 Å². The molecule has 0 saturated heterocycles. The van der Waals surface area contributed by atoms with Crippen LogP contribution >= 0.6 is 0 Å². The molecule has 1 fully saturated rings. The first kappa shape index (κ1) is 15.1. The summed E-state index contributed by atoms with van der Waals surface area (Å²) in [6.45, 7) is 3.87. The van der Waals surface area contributed by atoms with E-state index in [0.717, 1.165) is 42.9 Å². The van der Waals surface area contributed by atoms with Gasteiger partial charge in [-0.15, -0.1) is 0 Å². The SMILES string of the molecule is C/C=C1\CCC/C(=C\C)C1=O.CS(C)(=O)=O. The number of carbonyl (C=O) groups excluding carboxylic acids is 1. The van der Waals surface area contributed by atoms with Crippen LogP contribution in [0.4, 0.5) is 0 Å². The monoisotopic (exact) mass is 244 g/mol. The average molecular weight is 244 g/mol. The molecule has 0 atom stereocenters. The van der Waals surface area contributed by atoms with Gasteiger partial charge in [-0.2, -0.15) is 0 Å². The zero-order chi connectivity index (χ0) is 12.8. The summed E-state index contributed by atoms with van der Waals surface area (Å²) in [6, 6.07) is 0. The molecule has 3 nitrogen and oxygen atoms in total. The molecule has 92 valence electrons. The molecular formula is C12H20O3S. The molecule has 0 spiro atoms. The van der Waals surface area contributed by atoms with Crippen LogP contribution in [-0.2, 0) is 14.6 Å². The number of ketones is 1. The molecule has 1 saturated carbocycles. The van der Waals surface area contributed by atoms with Crippen molar-refractivity contribution in [1.82, 2.24) is 0 Å². The van der Waals surface area contributed by atoms with Crippen LogP contribution in [0, 0.1) is 0 Å². The molecule has 16 heavy (non-hydrogen) atoms. The standard InChI is InChI=1S/C10H14O.C2H6O2S/c1-3-8-6-5-7-9(4-2)10(8)11;1-5(2,3)4/h3-4H,5-7H2,1-2H3;1-2H3/b8-3+,9-4+;. The number of Topliss-reactive ketones (excluding diaryl/α,β-unsaturated/α-hetero) is 1. The van der Waals surface area contributed by atoms with Gasteiger partial charge in [-0.05, 0) is 44.3 Å². The quantitative estimate of drug-likeness (QED) is 0.614. The fourth-order valence-corrected chi connectivity index (χ4v) is 1.45. The van der Waals surface area contributed by atoms with E-state index in [9.17, 15) is 13.2 Å². The van der Waals surface area contributed by atoms with Gasteiger partial charge in [0.2, 0.25) is 0 Å². The molecule has 1 aliphatic rings. The molecule has 0 bridgehead atoms. The molecule has 0 aromatic carbocycles. The lowest BCUT2D eigenvalue weighted by molar-refractivity contribution is -0.113. The highest BCUT2D eigenvalue weighted by Gasteiger charge is 2.18. The van der Waals surface area contributed by atoms with E-state index < -0.39 is 9.84 Å². The van der Waals surface area contributed by atoms with Crippen LogP contribution in [-0.4, -0.2) is 26.7 Å². The molecule has 0 unspecified atom stereocenters. The first-order valence-electron chi connectivity index (χ1n) is 5.29. The van der Waals surface area contributed by atoms with E-state index in [1.807, 2.05) is 26.0 Å². The van der Waals surface area contributed by atoms with Crippen LogP contribution in [0.2, 0.25) is 0 Å². The Balaban J connectivity index is 0.000000385. The number of hydrogen-bond acceptors (Lipinski definition) is 3. The molecule has 0 aliphatic heterocycles. The maximum absolute atomic E-state index is 11.5. The van der Waals surface area contributed by atoms with Gasteiger partial charge in [0.05, 0.1) is 0 Å². The summed E-state index contributed by atoms with van der Waals surface area (Å²) in [6.07, 6.45) is 9.25. The van der Waals surface area contributed by atoms with Crippen LogP contribution in [0.15, 0.2) is 23.3 Å². The van der Waals surface area contributed by atoms with Crippen molar-refractivity contribution in [2.24, 2.45) is 0 Å². The van der Waals surface area contributed by atoms with E-state index in [0.29, 0.717) is 0 Å². The topological polar surface area (TPSA) is 51.2 Å². The second-order valence-corrected chi connectivity index (χ2v) is 6.24. The van der Waals surface area contributed by atoms with Crippen molar-refractivity contribution in [2.45, 2.75) is 33.1 Å². The summed E-state index contributed by atoms with van der Waals surface area (Å²) >= 11 is 0. The second kappa shape index (κ2) is 6.63. The minimum atomic E-state index is -2.67. The van der Waals surface area contributed by atoms with Gasteiger partial charge in [-0.25, -0.2) is 8.42 Å². The summed E-state index contributed by atoms with van der Waals surface area (Å²) in [7, 11) is -2.67. The molecule has 0 heterocycles. The van der Waals surface area contributed by atoms with Gasteiger partial charge in [0.1, 0.15) is 9.84 Å². The van der Waals surface area contributed by atoms with E-state index in [-0.39, 0.29) is 5.78 Å². The maximum atomic E-state index is 11.5. The molecular weight excluding hydrogens is 224 g/mol. The zero-order valence-corrected chi connectivity index (χ0v) is 11.2. The Bertz CT molecular complexity index is 370. The lowest BCUT2D eigenvalue weighted by atomic mass is 9.89. The van der Waals surface area contributed by atoms with Crippen molar-refractivity contribution >= 4 is 15.6 Å². The zero-order valence-electron chi connectivity index (χ0n) is 10.4. The molecule has 0 radical (unpaired) electrons. The second-order valence-electron chi connectivity index (χ2n) is 3.95. The average Bonchev–Trinajstić information content (AvgIpc) is 2.16. The first-order valence-corrected chi connectivity index (χ1v) is 7.59. The van der Waals surface area contributed by atoms with Crippen molar-refractivity contribution in [2.75, 3.05) is 12.5 Å². The highest BCUT2D eigenvalue weighted by atomic mass is 32.2. The lowest BCUT2D eigenvalue weighted by Gasteiger charge is -2.14. The smallest absolute Gasteiger partial charge is 0.184 e. The summed E-state index contributed by atoms with van der Waals surface area (Å²) in [5, 5.41) is 0. The lowest BCUT2D eigenvalue weighted by Crippen LogP contribution is -2.11. The van der Waals surface area contributed by atoms with Crippen LogP contribution in [0.3, 0.4) is 0 Å². The van der Waals surface area contributed by atoms with Crippen LogP contribution in [0.1, 0.15) is 33.1 Å². The van der Waals surface area contributed by atoms with E-state index >= 15 is 0 Å². The third-order valence-corrected chi connectivity index (χ3v) is 2.17. The summed E-state index contributed by atoms with van der Waals surface area (Å²) in [4.78, 5) is 11.5. The molecule has 0 N–H and O–H groups in total. The van der Waals surface area contributed by atoms with Crippen LogP contribution in [0.25, 0.3) is 0 Å². The third-order valence-electron chi connectivity index (χ3n) is 2.17. The van der Waals surface area contributed by atoms with Crippen LogP contribution in [0.5, 0.6) is 0 Å². The Hall–Kier alpha value is -0.900. The minimum Gasteiger partial charge on any atom is -0.289 e.